The van der Waals surface area contributed by atoms with Gasteiger partial charge in [-0.25, -0.2) is 0 Å². The molecule has 1 heterocycles. The lowest BCUT2D eigenvalue weighted by molar-refractivity contribution is -0.0135. The Morgan fingerprint density at radius 3 is 2.59 bits per heavy atom. The molecule has 1 saturated heterocycles. The molecule has 0 amide bonds. The molecule has 0 saturated carbocycles. The highest BCUT2D eigenvalue weighted by molar-refractivity contribution is 4.83. The molecule has 0 aromatic heterocycles. The summed E-state index contributed by atoms with van der Waals surface area (Å²) in [6.45, 7) is 11.7. The normalized spacial score (nSPS) is 22.9. The SMILES string of the molecule is CCNCC1CCCN(CC(O)(CC)CC)C1. The molecule has 0 aromatic carbocycles. The van der Waals surface area contributed by atoms with Crippen LogP contribution in [0.5, 0.6) is 0 Å². The van der Waals surface area contributed by atoms with Gasteiger partial charge < -0.3 is 15.3 Å². The summed E-state index contributed by atoms with van der Waals surface area (Å²) in [6.07, 6.45) is 4.33. The zero-order valence-corrected chi connectivity index (χ0v) is 11.8. The van der Waals surface area contributed by atoms with Crippen LogP contribution in [0.3, 0.4) is 0 Å². The van der Waals surface area contributed by atoms with Crippen molar-refractivity contribution in [2.24, 2.45) is 5.92 Å². The molecular weight excluding hydrogens is 212 g/mol. The predicted octanol–water partition coefficient (Wildman–Crippen LogP) is 1.86. The van der Waals surface area contributed by atoms with E-state index in [1.165, 1.54) is 12.8 Å². The van der Waals surface area contributed by atoms with Crippen molar-refractivity contribution in [2.75, 3.05) is 32.7 Å². The van der Waals surface area contributed by atoms with Crippen molar-refractivity contribution in [1.82, 2.24) is 10.2 Å². The van der Waals surface area contributed by atoms with E-state index in [2.05, 4.69) is 31.0 Å². The van der Waals surface area contributed by atoms with Gasteiger partial charge in [-0.2, -0.15) is 0 Å². The quantitative estimate of drug-likeness (QED) is 0.715. The second-order valence-electron chi connectivity index (χ2n) is 5.48. The fraction of sp³-hybridized carbons (Fsp3) is 1.00. The van der Waals surface area contributed by atoms with E-state index >= 15 is 0 Å². The fourth-order valence-electron chi connectivity index (χ4n) is 2.70. The Morgan fingerprint density at radius 2 is 2.00 bits per heavy atom. The van der Waals surface area contributed by atoms with Crippen LogP contribution in [0.15, 0.2) is 0 Å². The van der Waals surface area contributed by atoms with Gasteiger partial charge in [-0.1, -0.05) is 20.8 Å². The molecule has 0 bridgehead atoms. The van der Waals surface area contributed by atoms with Gasteiger partial charge in [0.05, 0.1) is 5.60 Å². The summed E-state index contributed by atoms with van der Waals surface area (Å²) in [5.74, 6) is 0.765. The van der Waals surface area contributed by atoms with Crippen LogP contribution >= 0.6 is 0 Å². The molecule has 3 nitrogen and oxygen atoms in total. The Morgan fingerprint density at radius 1 is 1.29 bits per heavy atom. The van der Waals surface area contributed by atoms with E-state index in [-0.39, 0.29) is 0 Å². The molecule has 1 unspecified atom stereocenters. The summed E-state index contributed by atoms with van der Waals surface area (Å²) < 4.78 is 0. The molecule has 3 heteroatoms. The highest BCUT2D eigenvalue weighted by atomic mass is 16.3. The lowest BCUT2D eigenvalue weighted by atomic mass is 9.93. The average Bonchev–Trinajstić information content (AvgIpc) is 2.36. The monoisotopic (exact) mass is 242 g/mol. The first-order chi connectivity index (χ1) is 8.13. The van der Waals surface area contributed by atoms with Gasteiger partial charge in [-0.15, -0.1) is 0 Å². The summed E-state index contributed by atoms with van der Waals surface area (Å²) in [5.41, 5.74) is -0.472. The van der Waals surface area contributed by atoms with Crippen molar-refractivity contribution in [3.05, 3.63) is 0 Å². The van der Waals surface area contributed by atoms with Crippen LogP contribution < -0.4 is 5.32 Å². The third-order valence-corrected chi connectivity index (χ3v) is 4.12. The highest BCUT2D eigenvalue weighted by Gasteiger charge is 2.28. The molecule has 1 aliphatic rings. The molecule has 1 atom stereocenters. The van der Waals surface area contributed by atoms with E-state index in [1.807, 2.05) is 0 Å². The standard InChI is InChI=1S/C14H30N2O/c1-4-14(17,5-2)12-16-9-7-8-13(11-16)10-15-6-3/h13,15,17H,4-12H2,1-3H3. The summed E-state index contributed by atoms with van der Waals surface area (Å²) in [6, 6.07) is 0. The number of rotatable bonds is 7. The zero-order chi connectivity index (χ0) is 12.7. The molecule has 0 radical (unpaired) electrons. The summed E-state index contributed by atoms with van der Waals surface area (Å²) >= 11 is 0. The first-order valence-electron chi connectivity index (χ1n) is 7.29. The third-order valence-electron chi connectivity index (χ3n) is 4.12. The van der Waals surface area contributed by atoms with Crippen LogP contribution in [0.2, 0.25) is 0 Å². The van der Waals surface area contributed by atoms with Crippen molar-refractivity contribution in [2.45, 2.75) is 52.1 Å². The molecule has 2 N–H and O–H groups in total. The van der Waals surface area contributed by atoms with E-state index in [9.17, 15) is 5.11 Å². The van der Waals surface area contributed by atoms with Crippen molar-refractivity contribution in [3.8, 4) is 0 Å². The fourth-order valence-corrected chi connectivity index (χ4v) is 2.70. The Kier molecular flexibility index (Phi) is 6.45. The topological polar surface area (TPSA) is 35.5 Å². The average molecular weight is 242 g/mol. The predicted molar refractivity (Wildman–Crippen MR) is 73.2 cm³/mol. The van der Waals surface area contributed by atoms with Gasteiger partial charge in [0.15, 0.2) is 0 Å². The van der Waals surface area contributed by atoms with Gasteiger partial charge in [0.25, 0.3) is 0 Å². The smallest absolute Gasteiger partial charge is 0.0768 e. The van der Waals surface area contributed by atoms with Gasteiger partial charge >= 0.3 is 0 Å². The number of β-amino-alcohol motifs (C(OH)–C–C–N with tert-alkyl or cyclic N) is 1. The lowest BCUT2D eigenvalue weighted by Gasteiger charge is -2.38. The maximum Gasteiger partial charge on any atom is 0.0768 e. The first-order valence-corrected chi connectivity index (χ1v) is 7.29. The zero-order valence-electron chi connectivity index (χ0n) is 11.8. The number of nitrogens with one attached hydrogen (secondary N) is 1. The minimum atomic E-state index is -0.472. The molecule has 17 heavy (non-hydrogen) atoms. The minimum Gasteiger partial charge on any atom is -0.389 e. The number of likely N-dealkylation sites (tertiary alicyclic amines) is 1. The maximum atomic E-state index is 10.4. The van der Waals surface area contributed by atoms with Crippen molar-refractivity contribution < 1.29 is 5.11 Å². The number of hydrogen-bond donors (Lipinski definition) is 2. The molecule has 1 fully saturated rings. The molecule has 0 spiro atoms. The van der Waals surface area contributed by atoms with E-state index in [4.69, 9.17) is 0 Å². The van der Waals surface area contributed by atoms with Gasteiger partial charge in [0.2, 0.25) is 0 Å². The largest absolute Gasteiger partial charge is 0.389 e. The number of piperidine rings is 1. The summed E-state index contributed by atoms with van der Waals surface area (Å²) in [5, 5.41) is 13.8. The number of hydrogen-bond acceptors (Lipinski definition) is 3. The summed E-state index contributed by atoms with van der Waals surface area (Å²) in [4.78, 5) is 2.46. The van der Waals surface area contributed by atoms with Gasteiger partial charge in [0.1, 0.15) is 0 Å². The lowest BCUT2D eigenvalue weighted by Crippen LogP contribution is -2.47. The van der Waals surface area contributed by atoms with Gasteiger partial charge in [-0.05, 0) is 51.2 Å². The molecular formula is C14H30N2O. The van der Waals surface area contributed by atoms with E-state index < -0.39 is 5.60 Å². The first kappa shape index (κ1) is 14.9. The summed E-state index contributed by atoms with van der Waals surface area (Å²) in [7, 11) is 0. The minimum absolute atomic E-state index is 0.472. The Hall–Kier alpha value is -0.120. The molecule has 0 aliphatic carbocycles. The molecule has 102 valence electrons. The van der Waals surface area contributed by atoms with Crippen LogP contribution in [0.4, 0.5) is 0 Å². The maximum absolute atomic E-state index is 10.4. The van der Waals surface area contributed by atoms with Crippen LogP contribution in [-0.4, -0.2) is 48.3 Å². The van der Waals surface area contributed by atoms with Crippen molar-refractivity contribution in [1.29, 1.82) is 0 Å². The van der Waals surface area contributed by atoms with Crippen LogP contribution in [0.25, 0.3) is 0 Å². The molecule has 1 aliphatic heterocycles. The van der Waals surface area contributed by atoms with Crippen molar-refractivity contribution >= 4 is 0 Å². The van der Waals surface area contributed by atoms with E-state index in [0.29, 0.717) is 0 Å². The van der Waals surface area contributed by atoms with Crippen LogP contribution in [-0.2, 0) is 0 Å². The highest BCUT2D eigenvalue weighted by Crippen LogP contribution is 2.21. The number of aliphatic hydroxyl groups is 1. The molecule has 0 aromatic rings. The second-order valence-corrected chi connectivity index (χ2v) is 5.48. The van der Waals surface area contributed by atoms with Gasteiger partial charge in [-0.3, -0.25) is 0 Å². The van der Waals surface area contributed by atoms with Crippen LogP contribution in [0, 0.1) is 5.92 Å². The van der Waals surface area contributed by atoms with E-state index in [0.717, 1.165) is 51.5 Å². The van der Waals surface area contributed by atoms with Gasteiger partial charge in [0, 0.05) is 13.1 Å². The van der Waals surface area contributed by atoms with Crippen molar-refractivity contribution in [3.63, 3.8) is 0 Å². The Bertz CT molecular complexity index is 204. The second kappa shape index (κ2) is 7.34. The Balaban J connectivity index is 2.38. The molecule has 1 rings (SSSR count). The number of nitrogens with zero attached hydrogens (tertiary/aromatic N) is 1. The van der Waals surface area contributed by atoms with Crippen LogP contribution in [0.1, 0.15) is 46.5 Å². The third kappa shape index (κ3) is 4.94. The Labute approximate surface area is 107 Å². The van der Waals surface area contributed by atoms with E-state index in [1.54, 1.807) is 0 Å².